The summed E-state index contributed by atoms with van der Waals surface area (Å²) in [5.41, 5.74) is 0.544. The third kappa shape index (κ3) is 4.11. The molecule has 0 aromatic carbocycles. The fraction of sp³-hybridized carbons (Fsp3) is 0.455. The third-order valence-corrected chi connectivity index (χ3v) is 3.35. The number of esters is 1. The Morgan fingerprint density at radius 1 is 1.61 bits per heavy atom. The number of hydrogen-bond donors (Lipinski definition) is 0. The zero-order valence-electron chi connectivity index (χ0n) is 9.55. The van der Waals surface area contributed by atoms with Crippen LogP contribution in [0, 0.1) is 3.70 Å². The Hall–Kier alpha value is -0.310. The number of halogens is 4. The largest absolute Gasteiger partial charge is 0.466 e. The van der Waals surface area contributed by atoms with Crippen molar-refractivity contribution in [1.82, 2.24) is 4.98 Å². The van der Waals surface area contributed by atoms with E-state index in [1.807, 2.05) is 22.6 Å². The third-order valence-electron chi connectivity index (χ3n) is 2.19. The Kier molecular flexibility index (Phi) is 6.40. The number of ether oxygens (including phenoxy) is 1. The van der Waals surface area contributed by atoms with Gasteiger partial charge in [-0.05, 0) is 46.7 Å². The van der Waals surface area contributed by atoms with Gasteiger partial charge in [0.25, 0.3) is 6.43 Å². The van der Waals surface area contributed by atoms with Crippen LogP contribution in [0.15, 0.2) is 6.07 Å². The fourth-order valence-corrected chi connectivity index (χ4v) is 2.61. The van der Waals surface area contributed by atoms with E-state index >= 15 is 0 Å². The van der Waals surface area contributed by atoms with Crippen molar-refractivity contribution in [2.45, 2.75) is 25.1 Å². The topological polar surface area (TPSA) is 39.2 Å². The summed E-state index contributed by atoms with van der Waals surface area (Å²) in [5, 5.41) is 0.389. The summed E-state index contributed by atoms with van der Waals surface area (Å²) in [6.07, 6.45) is -2.89. The number of alkyl halides is 3. The predicted octanol–water partition coefficient (Wildman–Crippen LogP) is 3.62. The molecule has 3 nitrogen and oxygen atoms in total. The molecule has 1 heterocycles. The Labute approximate surface area is 126 Å². The quantitative estimate of drug-likeness (QED) is 0.308. The highest BCUT2D eigenvalue weighted by molar-refractivity contribution is 14.1. The van der Waals surface area contributed by atoms with Gasteiger partial charge in [-0.25, -0.2) is 13.8 Å². The molecule has 0 atom stereocenters. The van der Waals surface area contributed by atoms with Crippen molar-refractivity contribution >= 4 is 44.5 Å². The molecule has 0 aliphatic heterocycles. The average Bonchev–Trinajstić information content (AvgIpc) is 2.30. The van der Waals surface area contributed by atoms with Crippen LogP contribution in [0.5, 0.6) is 0 Å². The van der Waals surface area contributed by atoms with E-state index in [0.717, 1.165) is 0 Å². The molecule has 0 spiro atoms. The van der Waals surface area contributed by atoms with Gasteiger partial charge in [-0.15, -0.1) is 0 Å². The van der Waals surface area contributed by atoms with Crippen LogP contribution in [0.1, 0.15) is 30.2 Å². The highest BCUT2D eigenvalue weighted by atomic mass is 127. The second-order valence-electron chi connectivity index (χ2n) is 3.38. The number of aromatic nitrogens is 1. The molecule has 0 bridgehead atoms. The molecule has 0 amide bonds. The van der Waals surface area contributed by atoms with E-state index in [9.17, 15) is 13.6 Å². The Morgan fingerprint density at radius 3 is 2.78 bits per heavy atom. The van der Waals surface area contributed by atoms with E-state index in [1.165, 1.54) is 0 Å². The number of carbonyl (C=O) groups excluding carboxylic acids is 1. The Balaban J connectivity index is 3.16. The average molecular weight is 434 g/mol. The summed E-state index contributed by atoms with van der Waals surface area (Å²) >= 11 is 5.10. The monoisotopic (exact) mass is 433 g/mol. The first-order valence-electron chi connectivity index (χ1n) is 5.17. The molecule has 1 rings (SSSR count). The number of carbonyl (C=O) groups is 1. The molecular formula is C11H11BrF2INO2. The zero-order chi connectivity index (χ0) is 13.7. The Morgan fingerprint density at radius 2 is 2.28 bits per heavy atom. The van der Waals surface area contributed by atoms with Crippen LogP contribution in [-0.4, -0.2) is 17.6 Å². The van der Waals surface area contributed by atoms with E-state index < -0.39 is 12.4 Å². The van der Waals surface area contributed by atoms with Gasteiger partial charge in [0, 0.05) is 5.33 Å². The fourth-order valence-electron chi connectivity index (χ4n) is 1.47. The van der Waals surface area contributed by atoms with Crippen molar-refractivity contribution in [3.05, 3.63) is 26.6 Å². The zero-order valence-corrected chi connectivity index (χ0v) is 13.3. The number of pyridine rings is 1. The molecule has 18 heavy (non-hydrogen) atoms. The van der Waals surface area contributed by atoms with Crippen LogP contribution >= 0.6 is 38.5 Å². The molecule has 0 saturated carbocycles. The van der Waals surface area contributed by atoms with Crippen molar-refractivity contribution in [2.75, 3.05) is 6.61 Å². The lowest BCUT2D eigenvalue weighted by molar-refractivity contribution is -0.142. The normalized spacial score (nSPS) is 10.8. The second kappa shape index (κ2) is 7.32. The van der Waals surface area contributed by atoms with Gasteiger partial charge in [0.2, 0.25) is 0 Å². The maximum atomic E-state index is 12.9. The number of hydrogen-bond acceptors (Lipinski definition) is 3. The van der Waals surface area contributed by atoms with Crippen molar-refractivity contribution in [3.8, 4) is 0 Å². The van der Waals surface area contributed by atoms with E-state index in [2.05, 4.69) is 20.9 Å². The summed E-state index contributed by atoms with van der Waals surface area (Å²) in [4.78, 5) is 15.2. The van der Waals surface area contributed by atoms with Crippen LogP contribution in [-0.2, 0) is 21.3 Å². The van der Waals surface area contributed by atoms with E-state index in [4.69, 9.17) is 4.74 Å². The smallest absolute Gasteiger partial charge is 0.310 e. The number of rotatable bonds is 5. The first kappa shape index (κ1) is 15.7. The van der Waals surface area contributed by atoms with Crippen molar-refractivity contribution in [1.29, 1.82) is 0 Å². The second-order valence-corrected chi connectivity index (χ2v) is 5.05. The molecule has 1 aromatic heterocycles. The summed E-state index contributed by atoms with van der Waals surface area (Å²) in [6.45, 7) is 1.90. The summed E-state index contributed by atoms with van der Waals surface area (Å²) in [6, 6.07) is 1.68. The number of nitrogens with zero attached hydrogens (tertiary/aromatic N) is 1. The van der Waals surface area contributed by atoms with Crippen LogP contribution < -0.4 is 0 Å². The van der Waals surface area contributed by atoms with Crippen molar-refractivity contribution in [2.24, 2.45) is 0 Å². The van der Waals surface area contributed by atoms with Gasteiger partial charge in [-0.1, -0.05) is 15.9 Å². The van der Waals surface area contributed by atoms with Gasteiger partial charge in [-0.3, -0.25) is 4.79 Å². The first-order valence-corrected chi connectivity index (χ1v) is 7.37. The lowest BCUT2D eigenvalue weighted by atomic mass is 10.0. The van der Waals surface area contributed by atoms with Crippen molar-refractivity contribution in [3.63, 3.8) is 0 Å². The van der Waals surface area contributed by atoms with Crippen LogP contribution in [0.3, 0.4) is 0 Å². The van der Waals surface area contributed by atoms with E-state index in [0.29, 0.717) is 14.6 Å². The minimum atomic E-state index is -2.71. The predicted molar refractivity (Wildman–Crippen MR) is 74.9 cm³/mol. The molecule has 0 fully saturated rings. The molecule has 0 unspecified atom stereocenters. The minimum Gasteiger partial charge on any atom is -0.466 e. The van der Waals surface area contributed by atoms with Gasteiger partial charge in [0.05, 0.1) is 13.0 Å². The lowest BCUT2D eigenvalue weighted by Gasteiger charge is -2.12. The molecule has 1 aromatic rings. The molecule has 0 N–H and O–H groups in total. The SMILES string of the molecule is CCOC(=O)Cc1c(CBr)cc(I)nc1C(F)F. The molecule has 100 valence electrons. The minimum absolute atomic E-state index is 0.182. The first-order chi connectivity index (χ1) is 8.49. The van der Waals surface area contributed by atoms with Gasteiger partial charge in [0.1, 0.15) is 9.39 Å². The van der Waals surface area contributed by atoms with Gasteiger partial charge >= 0.3 is 5.97 Å². The van der Waals surface area contributed by atoms with E-state index in [-0.39, 0.29) is 24.3 Å². The highest BCUT2D eigenvalue weighted by Crippen LogP contribution is 2.27. The summed E-state index contributed by atoms with van der Waals surface area (Å²) in [5.74, 6) is -0.524. The van der Waals surface area contributed by atoms with Gasteiger partial charge in [0.15, 0.2) is 0 Å². The maximum absolute atomic E-state index is 12.9. The molecular weight excluding hydrogens is 423 g/mol. The lowest BCUT2D eigenvalue weighted by Crippen LogP contribution is -2.13. The maximum Gasteiger partial charge on any atom is 0.310 e. The van der Waals surface area contributed by atoms with E-state index in [1.54, 1.807) is 13.0 Å². The van der Waals surface area contributed by atoms with Gasteiger partial charge < -0.3 is 4.74 Å². The van der Waals surface area contributed by atoms with Gasteiger partial charge in [-0.2, -0.15) is 0 Å². The van der Waals surface area contributed by atoms with Crippen LogP contribution in [0.2, 0.25) is 0 Å². The van der Waals surface area contributed by atoms with Crippen LogP contribution in [0.25, 0.3) is 0 Å². The molecule has 0 aliphatic carbocycles. The highest BCUT2D eigenvalue weighted by Gasteiger charge is 2.21. The molecule has 0 aliphatic rings. The molecule has 0 saturated heterocycles. The Bertz CT molecular complexity index is 443. The summed E-state index contributed by atoms with van der Waals surface area (Å²) in [7, 11) is 0. The molecule has 7 heteroatoms. The standard InChI is InChI=1S/C11H11BrF2INO2/c1-2-18-9(17)4-7-6(5-12)3-8(15)16-10(7)11(13)14/h3,11H,2,4-5H2,1H3. The molecule has 0 radical (unpaired) electrons. The van der Waals surface area contributed by atoms with Crippen molar-refractivity contribution < 1.29 is 18.3 Å². The summed E-state index contributed by atoms with van der Waals surface area (Å²) < 4.78 is 31.1. The van der Waals surface area contributed by atoms with Crippen LogP contribution in [0.4, 0.5) is 8.78 Å².